The number of fused-ring (bicyclic) bond motifs is 1. The van der Waals surface area contributed by atoms with Crippen LogP contribution in [0.1, 0.15) is 46.3 Å². The first-order chi connectivity index (χ1) is 17.2. The Hall–Kier alpha value is -3.73. The van der Waals surface area contributed by atoms with Gasteiger partial charge in [0, 0.05) is 61.1 Å². The van der Waals surface area contributed by atoms with Gasteiger partial charge >= 0.3 is 0 Å². The third-order valence-electron chi connectivity index (χ3n) is 7.08. The van der Waals surface area contributed by atoms with E-state index in [-0.39, 0.29) is 5.91 Å². The molecule has 2 aromatic heterocycles. The first kappa shape index (κ1) is 23.0. The quantitative estimate of drug-likeness (QED) is 0.378. The predicted molar refractivity (Wildman–Crippen MR) is 141 cm³/mol. The summed E-state index contributed by atoms with van der Waals surface area (Å²) < 4.78 is 0. The number of hydrogen-bond acceptors (Lipinski definition) is 4. The van der Waals surface area contributed by atoms with Gasteiger partial charge in [0.05, 0.1) is 0 Å². The molecule has 5 nitrogen and oxygen atoms in total. The van der Waals surface area contributed by atoms with Crippen molar-refractivity contribution in [3.05, 3.63) is 102 Å². The average molecular weight is 465 g/mol. The number of amides is 1. The maximum absolute atomic E-state index is 13.4. The second-order valence-corrected chi connectivity index (χ2v) is 9.59. The zero-order valence-corrected chi connectivity index (χ0v) is 20.3. The van der Waals surface area contributed by atoms with Crippen LogP contribution in [0.15, 0.2) is 79.4 Å². The molecule has 1 aliphatic rings. The number of rotatable bonds is 6. The Morgan fingerprint density at radius 1 is 0.914 bits per heavy atom. The number of nitrogens with one attached hydrogen (secondary N) is 1. The van der Waals surface area contributed by atoms with Crippen molar-refractivity contribution in [1.29, 1.82) is 0 Å². The van der Waals surface area contributed by atoms with E-state index in [1.54, 1.807) is 12.4 Å². The first-order valence-electron chi connectivity index (χ1n) is 12.5. The van der Waals surface area contributed by atoms with E-state index in [1.165, 1.54) is 16.3 Å². The van der Waals surface area contributed by atoms with Crippen LogP contribution in [0.5, 0.6) is 0 Å². The van der Waals surface area contributed by atoms with Crippen LogP contribution < -0.4 is 5.32 Å². The monoisotopic (exact) mass is 464 g/mol. The van der Waals surface area contributed by atoms with Gasteiger partial charge in [-0.05, 0) is 97.0 Å². The number of carbonyl (C=O) groups is 1. The number of likely N-dealkylation sites (tertiary alicyclic amines) is 1. The van der Waals surface area contributed by atoms with Gasteiger partial charge < -0.3 is 10.2 Å². The second-order valence-electron chi connectivity index (χ2n) is 9.59. The van der Waals surface area contributed by atoms with Gasteiger partial charge in [-0.1, -0.05) is 18.2 Å². The topological polar surface area (TPSA) is 58.1 Å². The normalized spacial score (nSPS) is 16.1. The Kier molecular flexibility index (Phi) is 7.03. The van der Waals surface area contributed by atoms with Crippen LogP contribution in [0.3, 0.4) is 0 Å². The van der Waals surface area contributed by atoms with Crippen LogP contribution >= 0.6 is 0 Å². The first-order valence-corrected chi connectivity index (χ1v) is 12.5. The van der Waals surface area contributed by atoms with Crippen LogP contribution in [0, 0.1) is 12.8 Å². The van der Waals surface area contributed by atoms with Crippen molar-refractivity contribution < 1.29 is 4.79 Å². The highest BCUT2D eigenvalue weighted by Crippen LogP contribution is 2.26. The van der Waals surface area contributed by atoms with Gasteiger partial charge in [-0.3, -0.25) is 14.8 Å². The van der Waals surface area contributed by atoms with Crippen molar-refractivity contribution in [3.63, 3.8) is 0 Å². The van der Waals surface area contributed by atoms with E-state index in [0.29, 0.717) is 12.5 Å². The van der Waals surface area contributed by atoms with E-state index in [4.69, 9.17) is 0 Å². The third kappa shape index (κ3) is 5.68. The number of anilines is 1. The highest BCUT2D eigenvalue weighted by Gasteiger charge is 2.22. The minimum absolute atomic E-state index is 0.134. The zero-order chi connectivity index (χ0) is 24.0. The number of benzene rings is 2. The summed E-state index contributed by atoms with van der Waals surface area (Å²) in [4.78, 5) is 23.8. The molecule has 5 rings (SSSR count). The molecule has 1 aliphatic heterocycles. The van der Waals surface area contributed by atoms with Crippen LogP contribution in [0.25, 0.3) is 10.8 Å². The standard InChI is InChI=1S/C30H32N4O/c1-22-4-6-27(19-29(22)33-20-24-8-12-31-13-9-24)30(35)34-15-2-3-23(11-16-34)17-25-5-7-26-10-14-32-21-28(26)18-25/h4-10,12-14,18-19,21,23,33H,2-3,11,15-17,20H2,1H3/t23-/m0/s1. The Bertz CT molecular complexity index is 1300. The Balaban J connectivity index is 1.21. The number of hydrogen-bond donors (Lipinski definition) is 1. The number of pyridine rings is 2. The Labute approximate surface area is 207 Å². The van der Waals surface area contributed by atoms with Gasteiger partial charge in [0.2, 0.25) is 0 Å². The van der Waals surface area contributed by atoms with Gasteiger partial charge in [0.25, 0.3) is 5.91 Å². The fourth-order valence-corrected chi connectivity index (χ4v) is 4.99. The van der Waals surface area contributed by atoms with Crippen LogP contribution in [0.4, 0.5) is 5.69 Å². The molecule has 1 N–H and O–H groups in total. The lowest BCUT2D eigenvalue weighted by atomic mass is 9.92. The summed E-state index contributed by atoms with van der Waals surface area (Å²) in [5.74, 6) is 0.729. The molecule has 1 amide bonds. The molecule has 0 radical (unpaired) electrons. The molecular formula is C30H32N4O. The molecule has 0 unspecified atom stereocenters. The van der Waals surface area contributed by atoms with Crippen LogP contribution in [-0.4, -0.2) is 33.9 Å². The molecular weight excluding hydrogens is 432 g/mol. The molecule has 0 bridgehead atoms. The van der Waals surface area contributed by atoms with Gasteiger partial charge in [-0.25, -0.2) is 0 Å². The molecule has 0 saturated carbocycles. The van der Waals surface area contributed by atoms with Gasteiger partial charge in [0.15, 0.2) is 0 Å². The molecule has 4 aromatic rings. The Morgan fingerprint density at radius 3 is 2.66 bits per heavy atom. The van der Waals surface area contributed by atoms with Crippen molar-refractivity contribution in [1.82, 2.24) is 14.9 Å². The van der Waals surface area contributed by atoms with Crippen LogP contribution in [0.2, 0.25) is 0 Å². The molecule has 35 heavy (non-hydrogen) atoms. The average Bonchev–Trinajstić information content (AvgIpc) is 3.14. The van der Waals surface area contributed by atoms with Crippen molar-refractivity contribution in [3.8, 4) is 0 Å². The predicted octanol–water partition coefficient (Wildman–Crippen LogP) is 6.04. The SMILES string of the molecule is Cc1ccc(C(=O)N2CCC[C@H](Cc3ccc4ccncc4c3)CC2)cc1NCc1ccncc1. The van der Waals surface area contributed by atoms with Crippen molar-refractivity contribution in [2.45, 2.75) is 39.2 Å². The van der Waals surface area contributed by atoms with E-state index < -0.39 is 0 Å². The smallest absolute Gasteiger partial charge is 0.253 e. The molecule has 5 heteroatoms. The van der Waals surface area contributed by atoms with Crippen molar-refractivity contribution in [2.24, 2.45) is 5.92 Å². The highest BCUT2D eigenvalue weighted by molar-refractivity contribution is 5.95. The van der Waals surface area contributed by atoms with Crippen molar-refractivity contribution in [2.75, 3.05) is 18.4 Å². The third-order valence-corrected chi connectivity index (χ3v) is 7.08. The molecule has 1 fully saturated rings. The minimum Gasteiger partial charge on any atom is -0.381 e. The molecule has 3 heterocycles. The summed E-state index contributed by atoms with van der Waals surface area (Å²) in [5.41, 5.74) is 5.42. The van der Waals surface area contributed by atoms with Crippen LogP contribution in [-0.2, 0) is 13.0 Å². The van der Waals surface area contributed by atoms with E-state index in [1.807, 2.05) is 47.6 Å². The summed E-state index contributed by atoms with van der Waals surface area (Å²) in [6, 6.07) is 18.8. The lowest BCUT2D eigenvalue weighted by Gasteiger charge is -2.22. The molecule has 0 spiro atoms. The van der Waals surface area contributed by atoms with E-state index in [0.717, 1.165) is 61.2 Å². The highest BCUT2D eigenvalue weighted by atomic mass is 16.2. The maximum Gasteiger partial charge on any atom is 0.253 e. The lowest BCUT2D eigenvalue weighted by molar-refractivity contribution is 0.0760. The summed E-state index contributed by atoms with van der Waals surface area (Å²) in [7, 11) is 0. The molecule has 178 valence electrons. The lowest BCUT2D eigenvalue weighted by Crippen LogP contribution is -2.32. The number of aryl methyl sites for hydroxylation is 1. The summed E-state index contributed by atoms with van der Waals surface area (Å²) in [6.45, 7) is 4.41. The number of nitrogens with zero attached hydrogens (tertiary/aromatic N) is 3. The Morgan fingerprint density at radius 2 is 1.77 bits per heavy atom. The van der Waals surface area contributed by atoms with Gasteiger partial charge in [0.1, 0.15) is 0 Å². The van der Waals surface area contributed by atoms with Gasteiger partial charge in [-0.2, -0.15) is 0 Å². The zero-order valence-electron chi connectivity index (χ0n) is 20.3. The van der Waals surface area contributed by atoms with Gasteiger partial charge in [-0.15, -0.1) is 0 Å². The fraction of sp³-hybridized carbons (Fsp3) is 0.300. The summed E-state index contributed by atoms with van der Waals surface area (Å²) in [5, 5.41) is 5.91. The molecule has 0 aliphatic carbocycles. The van der Waals surface area contributed by atoms with E-state index in [9.17, 15) is 4.79 Å². The summed E-state index contributed by atoms with van der Waals surface area (Å²) >= 11 is 0. The number of carbonyl (C=O) groups excluding carboxylic acids is 1. The molecule has 1 atom stereocenters. The largest absolute Gasteiger partial charge is 0.381 e. The van der Waals surface area contributed by atoms with E-state index in [2.05, 4.69) is 46.5 Å². The number of aromatic nitrogens is 2. The maximum atomic E-state index is 13.4. The summed E-state index contributed by atoms with van der Waals surface area (Å²) in [6.07, 6.45) is 11.7. The van der Waals surface area contributed by atoms with E-state index >= 15 is 0 Å². The van der Waals surface area contributed by atoms with Crippen molar-refractivity contribution >= 4 is 22.4 Å². The molecule has 2 aromatic carbocycles. The second kappa shape index (κ2) is 10.7. The fourth-order valence-electron chi connectivity index (χ4n) is 4.99. The minimum atomic E-state index is 0.134. The molecule has 1 saturated heterocycles.